The first-order valence-corrected chi connectivity index (χ1v) is 10.8. The van der Waals surface area contributed by atoms with E-state index in [0.717, 1.165) is 24.8 Å². The van der Waals surface area contributed by atoms with Crippen molar-refractivity contribution in [1.29, 1.82) is 0 Å². The number of nitrogens with one attached hydrogen (secondary N) is 2. The van der Waals surface area contributed by atoms with Gasteiger partial charge in [-0.2, -0.15) is 8.78 Å². The SMILES string of the molecule is Cn1c(=O)n(-c2ccc(N[C@H]3CC[C@H](Nc4cnc(OC(F)F)cn4)C3)nc2)c2ncccc21. The number of aryl methyl sites for hydroxylation is 1. The minimum atomic E-state index is -2.93. The molecule has 0 bridgehead atoms. The number of hydrogen-bond acceptors (Lipinski definition) is 8. The molecule has 1 aliphatic rings. The normalized spacial score (nSPS) is 17.9. The van der Waals surface area contributed by atoms with Crippen LogP contribution in [-0.2, 0) is 7.05 Å². The third-order valence-electron chi connectivity index (χ3n) is 5.80. The van der Waals surface area contributed by atoms with Crippen molar-refractivity contribution >= 4 is 22.8 Å². The monoisotopic (exact) mass is 468 g/mol. The fraction of sp³-hybridized carbons (Fsp3) is 0.318. The molecule has 4 aromatic rings. The second kappa shape index (κ2) is 9.04. The van der Waals surface area contributed by atoms with Gasteiger partial charge >= 0.3 is 12.3 Å². The largest absolute Gasteiger partial charge is 0.415 e. The lowest BCUT2D eigenvalue weighted by Gasteiger charge is -2.16. The molecule has 4 heterocycles. The van der Waals surface area contributed by atoms with Gasteiger partial charge < -0.3 is 15.4 Å². The second-order valence-electron chi connectivity index (χ2n) is 8.04. The number of halogens is 2. The van der Waals surface area contributed by atoms with Crippen LogP contribution in [0.3, 0.4) is 0 Å². The molecule has 0 aromatic carbocycles. The molecular weight excluding hydrogens is 446 g/mol. The van der Waals surface area contributed by atoms with Gasteiger partial charge in [-0.05, 0) is 43.5 Å². The summed E-state index contributed by atoms with van der Waals surface area (Å²) in [4.78, 5) is 29.4. The molecule has 1 fully saturated rings. The maximum Gasteiger partial charge on any atom is 0.388 e. The van der Waals surface area contributed by atoms with E-state index in [-0.39, 0.29) is 23.7 Å². The van der Waals surface area contributed by atoms with E-state index >= 15 is 0 Å². The maximum atomic E-state index is 12.7. The summed E-state index contributed by atoms with van der Waals surface area (Å²) in [6.45, 7) is -2.93. The molecule has 0 radical (unpaired) electrons. The predicted molar refractivity (Wildman–Crippen MR) is 121 cm³/mol. The molecule has 10 nitrogen and oxygen atoms in total. The van der Waals surface area contributed by atoms with Crippen LogP contribution in [-0.4, -0.2) is 47.8 Å². The van der Waals surface area contributed by atoms with Crippen LogP contribution >= 0.6 is 0 Å². The molecule has 5 rings (SSSR count). The summed E-state index contributed by atoms with van der Waals surface area (Å²) in [6.07, 6.45) is 8.51. The van der Waals surface area contributed by atoms with Gasteiger partial charge in [0, 0.05) is 25.3 Å². The van der Waals surface area contributed by atoms with Gasteiger partial charge in [0.1, 0.15) is 11.6 Å². The highest BCUT2D eigenvalue weighted by Crippen LogP contribution is 2.25. The van der Waals surface area contributed by atoms with E-state index in [1.807, 2.05) is 18.2 Å². The molecule has 12 heteroatoms. The first-order chi connectivity index (χ1) is 16.5. The van der Waals surface area contributed by atoms with Gasteiger partial charge in [0.05, 0.1) is 29.8 Å². The fourth-order valence-electron chi connectivity index (χ4n) is 4.21. The van der Waals surface area contributed by atoms with Crippen LogP contribution in [0.4, 0.5) is 20.4 Å². The van der Waals surface area contributed by atoms with Crippen LogP contribution < -0.4 is 21.1 Å². The van der Waals surface area contributed by atoms with E-state index in [1.54, 1.807) is 34.6 Å². The number of aromatic nitrogens is 6. The van der Waals surface area contributed by atoms with Crippen molar-refractivity contribution in [3.63, 3.8) is 0 Å². The first-order valence-electron chi connectivity index (χ1n) is 10.8. The summed E-state index contributed by atoms with van der Waals surface area (Å²) in [5.41, 5.74) is 1.79. The first kappa shape index (κ1) is 21.7. The summed E-state index contributed by atoms with van der Waals surface area (Å²) >= 11 is 0. The van der Waals surface area contributed by atoms with E-state index in [9.17, 15) is 13.6 Å². The van der Waals surface area contributed by atoms with Gasteiger partial charge in [0.2, 0.25) is 5.88 Å². The highest BCUT2D eigenvalue weighted by atomic mass is 19.3. The Labute approximate surface area is 192 Å². The van der Waals surface area contributed by atoms with Crippen molar-refractivity contribution in [2.75, 3.05) is 10.6 Å². The van der Waals surface area contributed by atoms with Crippen molar-refractivity contribution in [3.05, 3.63) is 59.5 Å². The fourth-order valence-corrected chi connectivity index (χ4v) is 4.21. The van der Waals surface area contributed by atoms with Gasteiger partial charge in [0.25, 0.3) is 0 Å². The van der Waals surface area contributed by atoms with Gasteiger partial charge in [-0.1, -0.05) is 0 Å². The Morgan fingerprint density at radius 1 is 1.00 bits per heavy atom. The number of pyridine rings is 2. The molecule has 2 N–H and O–H groups in total. The summed E-state index contributed by atoms with van der Waals surface area (Å²) in [7, 11) is 1.72. The van der Waals surface area contributed by atoms with Crippen molar-refractivity contribution in [2.24, 2.45) is 7.05 Å². The minimum Gasteiger partial charge on any atom is -0.415 e. The molecule has 176 valence electrons. The van der Waals surface area contributed by atoms with Crippen LogP contribution in [0.25, 0.3) is 16.9 Å². The van der Waals surface area contributed by atoms with E-state index in [4.69, 9.17) is 0 Å². The Bertz CT molecular complexity index is 1340. The zero-order chi connectivity index (χ0) is 23.7. The van der Waals surface area contributed by atoms with Gasteiger partial charge in [-0.3, -0.25) is 4.57 Å². The zero-order valence-corrected chi connectivity index (χ0v) is 18.2. The van der Waals surface area contributed by atoms with E-state index < -0.39 is 6.61 Å². The highest BCUT2D eigenvalue weighted by Gasteiger charge is 2.25. The van der Waals surface area contributed by atoms with Crippen molar-refractivity contribution in [2.45, 2.75) is 38.0 Å². The van der Waals surface area contributed by atoms with E-state index in [1.165, 1.54) is 12.4 Å². The Morgan fingerprint density at radius 3 is 2.44 bits per heavy atom. The number of fused-ring (bicyclic) bond motifs is 1. The standard InChI is InChI=1S/C22H22F2N8O2/c1-31-16-3-2-8-25-20(16)32(22(31)33)15-6-7-17(26-10-15)29-13-4-5-14(9-13)30-18-11-28-19(12-27-18)34-21(23)24/h2-3,6-8,10-14,21H,4-5,9H2,1H3,(H,26,29)(H,27,30)/t13-,14-/m0/s1. The molecule has 0 spiro atoms. The Hall–Kier alpha value is -4.09. The Kier molecular flexibility index (Phi) is 5.78. The number of imidazole rings is 1. The zero-order valence-electron chi connectivity index (χ0n) is 18.2. The molecule has 34 heavy (non-hydrogen) atoms. The molecule has 4 aromatic heterocycles. The molecule has 1 aliphatic carbocycles. The molecular formula is C22H22F2N8O2. The highest BCUT2D eigenvalue weighted by molar-refractivity contribution is 5.73. The number of nitrogens with zero attached hydrogens (tertiary/aromatic N) is 6. The molecule has 0 saturated heterocycles. The number of ether oxygens (including phenoxy) is 1. The quantitative estimate of drug-likeness (QED) is 0.426. The maximum absolute atomic E-state index is 12.7. The average molecular weight is 468 g/mol. The van der Waals surface area contributed by atoms with Gasteiger partial charge in [0.15, 0.2) is 5.65 Å². The van der Waals surface area contributed by atoms with Gasteiger partial charge in [-0.25, -0.2) is 29.3 Å². The molecule has 0 aliphatic heterocycles. The number of hydrogen-bond donors (Lipinski definition) is 2. The van der Waals surface area contributed by atoms with Crippen LogP contribution in [0.1, 0.15) is 19.3 Å². The lowest BCUT2D eigenvalue weighted by atomic mass is 10.2. The molecule has 1 saturated carbocycles. The van der Waals surface area contributed by atoms with Crippen LogP contribution in [0, 0.1) is 0 Å². The summed E-state index contributed by atoms with van der Waals surface area (Å²) in [5.74, 6) is 0.996. The van der Waals surface area contributed by atoms with Crippen molar-refractivity contribution in [1.82, 2.24) is 29.1 Å². The number of alkyl halides is 2. The minimum absolute atomic E-state index is 0.160. The van der Waals surface area contributed by atoms with Crippen molar-refractivity contribution < 1.29 is 13.5 Å². The Balaban J connectivity index is 1.21. The molecule has 0 amide bonds. The predicted octanol–water partition coefficient (Wildman–Crippen LogP) is 2.96. The third kappa shape index (κ3) is 4.38. The molecule has 2 atom stereocenters. The summed E-state index contributed by atoms with van der Waals surface area (Å²) < 4.78 is 31.8. The van der Waals surface area contributed by atoms with E-state index in [2.05, 4.69) is 35.3 Å². The average Bonchev–Trinajstić information content (AvgIpc) is 3.37. The second-order valence-corrected chi connectivity index (χ2v) is 8.04. The topological polar surface area (TPSA) is 112 Å². The number of rotatable bonds is 7. The summed E-state index contributed by atoms with van der Waals surface area (Å²) in [5, 5.41) is 6.69. The third-order valence-corrected chi connectivity index (χ3v) is 5.80. The lowest BCUT2D eigenvalue weighted by Crippen LogP contribution is -2.22. The van der Waals surface area contributed by atoms with Crippen LogP contribution in [0.15, 0.2) is 53.8 Å². The Morgan fingerprint density at radius 2 is 1.76 bits per heavy atom. The number of anilines is 2. The summed E-state index contributed by atoms with van der Waals surface area (Å²) in [6, 6.07) is 7.70. The smallest absolute Gasteiger partial charge is 0.388 e. The molecule has 0 unspecified atom stereocenters. The van der Waals surface area contributed by atoms with Crippen molar-refractivity contribution in [3.8, 4) is 11.6 Å². The van der Waals surface area contributed by atoms with Gasteiger partial charge in [-0.15, -0.1) is 0 Å². The van der Waals surface area contributed by atoms with E-state index in [0.29, 0.717) is 23.0 Å². The van der Waals surface area contributed by atoms with Crippen LogP contribution in [0.5, 0.6) is 5.88 Å². The lowest BCUT2D eigenvalue weighted by molar-refractivity contribution is -0.0530. The van der Waals surface area contributed by atoms with Crippen LogP contribution in [0.2, 0.25) is 0 Å².